The molecular formula is C21H21Cl2F3N2O3. The van der Waals surface area contributed by atoms with E-state index in [-0.39, 0.29) is 16.6 Å². The number of carbonyl (C=O) groups excluding carboxylic acids is 2. The number of benzene rings is 2. The molecule has 2 aromatic carbocycles. The molecule has 1 amide bonds. The molecule has 168 valence electrons. The molecule has 0 aliphatic rings. The Morgan fingerprint density at radius 3 is 2.32 bits per heavy atom. The zero-order valence-electron chi connectivity index (χ0n) is 16.9. The number of nitrogens with one attached hydrogen (secondary N) is 2. The minimum absolute atomic E-state index is 0.143. The fraction of sp³-hybridized carbons (Fsp3) is 0.333. The SMILES string of the molecule is Cc1ccc(Cl)cc1NC(=O)COC(=O)[C@H](Nc1ccc(C(F)(F)F)cc1Cl)C(C)C. The smallest absolute Gasteiger partial charge is 0.416 e. The maximum absolute atomic E-state index is 12.8. The van der Waals surface area contributed by atoms with Crippen LogP contribution in [0.2, 0.25) is 10.0 Å². The van der Waals surface area contributed by atoms with Crippen LogP contribution in [0.5, 0.6) is 0 Å². The van der Waals surface area contributed by atoms with Crippen LogP contribution in [0, 0.1) is 12.8 Å². The van der Waals surface area contributed by atoms with Crippen LogP contribution >= 0.6 is 23.2 Å². The van der Waals surface area contributed by atoms with E-state index in [1.165, 1.54) is 0 Å². The van der Waals surface area contributed by atoms with Gasteiger partial charge in [0.1, 0.15) is 6.04 Å². The van der Waals surface area contributed by atoms with Gasteiger partial charge >= 0.3 is 12.1 Å². The highest BCUT2D eigenvalue weighted by molar-refractivity contribution is 6.33. The number of anilines is 2. The topological polar surface area (TPSA) is 67.4 Å². The van der Waals surface area contributed by atoms with Gasteiger partial charge in [0.25, 0.3) is 5.91 Å². The van der Waals surface area contributed by atoms with Crippen molar-refractivity contribution in [1.29, 1.82) is 0 Å². The molecule has 0 radical (unpaired) electrons. The second-order valence-electron chi connectivity index (χ2n) is 7.17. The van der Waals surface area contributed by atoms with E-state index < -0.39 is 36.3 Å². The Kier molecular flexibility index (Phi) is 8.20. The lowest BCUT2D eigenvalue weighted by molar-refractivity contribution is -0.149. The van der Waals surface area contributed by atoms with E-state index in [1.54, 1.807) is 39.0 Å². The fourth-order valence-corrected chi connectivity index (χ4v) is 3.02. The Balaban J connectivity index is 2.02. The van der Waals surface area contributed by atoms with Crippen LogP contribution in [0.15, 0.2) is 36.4 Å². The van der Waals surface area contributed by atoms with Crippen LogP contribution < -0.4 is 10.6 Å². The molecule has 5 nitrogen and oxygen atoms in total. The zero-order valence-corrected chi connectivity index (χ0v) is 18.5. The summed E-state index contributed by atoms with van der Waals surface area (Å²) in [5.41, 5.74) is 0.510. The number of aryl methyl sites for hydroxylation is 1. The first kappa shape index (κ1) is 24.8. The molecule has 10 heteroatoms. The molecule has 0 fully saturated rings. The van der Waals surface area contributed by atoms with Crippen molar-refractivity contribution < 1.29 is 27.5 Å². The van der Waals surface area contributed by atoms with E-state index >= 15 is 0 Å². The predicted molar refractivity (Wildman–Crippen MR) is 114 cm³/mol. The lowest BCUT2D eigenvalue weighted by atomic mass is 10.0. The number of hydrogen-bond donors (Lipinski definition) is 2. The van der Waals surface area contributed by atoms with Crippen molar-refractivity contribution in [3.8, 4) is 0 Å². The third-order valence-electron chi connectivity index (χ3n) is 4.35. The second-order valence-corrected chi connectivity index (χ2v) is 8.02. The van der Waals surface area contributed by atoms with E-state index in [4.69, 9.17) is 27.9 Å². The van der Waals surface area contributed by atoms with Gasteiger partial charge in [0.2, 0.25) is 0 Å². The Labute approximate surface area is 187 Å². The number of alkyl halides is 3. The summed E-state index contributed by atoms with van der Waals surface area (Å²) in [6, 6.07) is 6.82. The minimum Gasteiger partial charge on any atom is -0.454 e. The van der Waals surface area contributed by atoms with Crippen molar-refractivity contribution in [3.05, 3.63) is 57.6 Å². The average Bonchev–Trinajstić information content (AvgIpc) is 2.67. The summed E-state index contributed by atoms with van der Waals surface area (Å²) in [6.07, 6.45) is -4.53. The average molecular weight is 477 g/mol. The molecule has 0 spiro atoms. The highest BCUT2D eigenvalue weighted by Crippen LogP contribution is 2.34. The van der Waals surface area contributed by atoms with Gasteiger partial charge < -0.3 is 15.4 Å². The van der Waals surface area contributed by atoms with Gasteiger partial charge in [-0.15, -0.1) is 0 Å². The number of hydrogen-bond acceptors (Lipinski definition) is 4. The summed E-state index contributed by atoms with van der Waals surface area (Å²) in [5, 5.41) is 5.65. The summed E-state index contributed by atoms with van der Waals surface area (Å²) < 4.78 is 43.5. The number of amides is 1. The summed E-state index contributed by atoms with van der Waals surface area (Å²) >= 11 is 11.9. The molecule has 31 heavy (non-hydrogen) atoms. The van der Waals surface area contributed by atoms with Crippen molar-refractivity contribution in [1.82, 2.24) is 0 Å². The van der Waals surface area contributed by atoms with Gasteiger partial charge in [0, 0.05) is 10.7 Å². The number of rotatable bonds is 7. The maximum atomic E-state index is 12.8. The third kappa shape index (κ3) is 7.04. The van der Waals surface area contributed by atoms with Crippen LogP contribution in [-0.4, -0.2) is 24.5 Å². The molecule has 0 aliphatic carbocycles. The van der Waals surface area contributed by atoms with Crippen LogP contribution in [0.1, 0.15) is 25.0 Å². The molecule has 0 aromatic heterocycles. The lowest BCUT2D eigenvalue weighted by Crippen LogP contribution is -2.37. The van der Waals surface area contributed by atoms with Crippen LogP contribution in [-0.2, 0) is 20.5 Å². The summed E-state index contributed by atoms with van der Waals surface area (Å²) in [5.74, 6) is -1.61. The van der Waals surface area contributed by atoms with Gasteiger partial charge in [-0.05, 0) is 48.7 Å². The first-order valence-electron chi connectivity index (χ1n) is 9.24. The van der Waals surface area contributed by atoms with Crippen molar-refractivity contribution >= 4 is 46.5 Å². The molecule has 2 rings (SSSR count). The molecular weight excluding hydrogens is 456 g/mol. The Morgan fingerprint density at radius 2 is 1.74 bits per heavy atom. The lowest BCUT2D eigenvalue weighted by Gasteiger charge is -2.23. The van der Waals surface area contributed by atoms with Crippen molar-refractivity contribution in [2.75, 3.05) is 17.2 Å². The molecule has 2 aromatic rings. The highest BCUT2D eigenvalue weighted by Gasteiger charge is 2.31. The third-order valence-corrected chi connectivity index (χ3v) is 4.90. The normalized spacial score (nSPS) is 12.4. The molecule has 0 bridgehead atoms. The van der Waals surface area contributed by atoms with E-state index in [0.717, 1.165) is 23.8 Å². The predicted octanol–water partition coefficient (Wildman–Crippen LogP) is 5.94. The fourth-order valence-electron chi connectivity index (χ4n) is 2.62. The van der Waals surface area contributed by atoms with Gasteiger partial charge in [-0.2, -0.15) is 13.2 Å². The standard InChI is InChI=1S/C21H21Cl2F3N2O3/c1-11(2)19(28-16-7-5-13(8-15(16)23)21(24,25)26)20(30)31-10-18(29)27-17-9-14(22)6-4-12(17)3/h4-9,11,19,28H,10H2,1-3H3,(H,27,29)/t19-/m1/s1. The quantitative estimate of drug-likeness (QED) is 0.485. The second kappa shape index (κ2) is 10.2. The van der Waals surface area contributed by atoms with Crippen LogP contribution in [0.4, 0.5) is 24.5 Å². The summed E-state index contributed by atoms with van der Waals surface area (Å²) in [7, 11) is 0. The molecule has 0 heterocycles. The largest absolute Gasteiger partial charge is 0.454 e. The number of esters is 1. The Morgan fingerprint density at radius 1 is 1.06 bits per heavy atom. The molecule has 1 atom stereocenters. The summed E-state index contributed by atoms with van der Waals surface area (Å²) in [4.78, 5) is 24.6. The maximum Gasteiger partial charge on any atom is 0.416 e. The zero-order chi connectivity index (χ0) is 23.3. The molecule has 0 saturated heterocycles. The van der Waals surface area contributed by atoms with E-state index in [9.17, 15) is 22.8 Å². The Hall–Kier alpha value is -2.45. The number of carbonyl (C=O) groups is 2. The molecule has 0 saturated carbocycles. The van der Waals surface area contributed by atoms with Crippen molar-refractivity contribution in [2.45, 2.75) is 33.0 Å². The monoisotopic (exact) mass is 476 g/mol. The molecule has 2 N–H and O–H groups in total. The van der Waals surface area contributed by atoms with Gasteiger partial charge in [0.15, 0.2) is 6.61 Å². The van der Waals surface area contributed by atoms with E-state index in [2.05, 4.69) is 10.6 Å². The van der Waals surface area contributed by atoms with E-state index in [1.807, 2.05) is 0 Å². The Bertz CT molecular complexity index is 965. The number of halogens is 5. The van der Waals surface area contributed by atoms with Crippen LogP contribution in [0.25, 0.3) is 0 Å². The first-order valence-corrected chi connectivity index (χ1v) is 10.00. The van der Waals surface area contributed by atoms with Crippen molar-refractivity contribution in [2.24, 2.45) is 5.92 Å². The highest BCUT2D eigenvalue weighted by atomic mass is 35.5. The molecule has 0 unspecified atom stereocenters. The minimum atomic E-state index is -4.53. The van der Waals surface area contributed by atoms with Gasteiger partial charge in [-0.1, -0.05) is 43.1 Å². The number of ether oxygens (including phenoxy) is 1. The van der Waals surface area contributed by atoms with Crippen molar-refractivity contribution in [3.63, 3.8) is 0 Å². The molecule has 0 aliphatic heterocycles. The van der Waals surface area contributed by atoms with Crippen LogP contribution in [0.3, 0.4) is 0 Å². The van der Waals surface area contributed by atoms with Gasteiger partial charge in [-0.25, -0.2) is 4.79 Å². The van der Waals surface area contributed by atoms with E-state index in [0.29, 0.717) is 10.7 Å². The summed E-state index contributed by atoms with van der Waals surface area (Å²) in [6.45, 7) is 4.67. The first-order chi connectivity index (χ1) is 14.4. The van der Waals surface area contributed by atoms with Gasteiger partial charge in [-0.3, -0.25) is 4.79 Å². The van der Waals surface area contributed by atoms with Gasteiger partial charge in [0.05, 0.1) is 16.3 Å².